The number of pyridine rings is 1. The van der Waals surface area contributed by atoms with Crippen molar-refractivity contribution in [3.05, 3.63) is 63.6 Å². The fourth-order valence-corrected chi connectivity index (χ4v) is 2.86. The third-order valence-corrected chi connectivity index (χ3v) is 4.02. The van der Waals surface area contributed by atoms with Crippen LogP contribution in [0.4, 0.5) is 0 Å². The summed E-state index contributed by atoms with van der Waals surface area (Å²) in [4.78, 5) is 26.4. The summed E-state index contributed by atoms with van der Waals surface area (Å²) in [6, 6.07) is 11.8. The molecule has 0 aliphatic heterocycles. The van der Waals surface area contributed by atoms with Crippen LogP contribution in [0.15, 0.2) is 41.2 Å². The van der Waals surface area contributed by atoms with E-state index in [2.05, 4.69) is 10.3 Å². The molecule has 2 aromatic rings. The van der Waals surface area contributed by atoms with Gasteiger partial charge in [-0.3, -0.25) is 9.59 Å². The summed E-state index contributed by atoms with van der Waals surface area (Å²) in [6.07, 6.45) is 2.57. The zero-order chi connectivity index (χ0) is 16.9. The number of H-pyrrole nitrogens is 1. The standard InChI is InChI=1S/C18H17N3O3/c19-10-12-4-6-13(7-5-12)24-11-18(23)21-16-3-1-2-15-14(16)8-9-17(22)20-15/h4-9,16H,1-3,11H2,(H,20,22)(H,21,23)/t16-/m0/s1. The third kappa shape index (κ3) is 3.63. The molecular weight excluding hydrogens is 306 g/mol. The lowest BCUT2D eigenvalue weighted by atomic mass is 9.91. The van der Waals surface area contributed by atoms with Crippen LogP contribution in [-0.4, -0.2) is 17.5 Å². The number of aromatic amines is 1. The van der Waals surface area contributed by atoms with Gasteiger partial charge in [0, 0.05) is 11.8 Å². The molecule has 0 fully saturated rings. The topological polar surface area (TPSA) is 95.0 Å². The molecule has 1 amide bonds. The summed E-state index contributed by atoms with van der Waals surface area (Å²) >= 11 is 0. The summed E-state index contributed by atoms with van der Waals surface area (Å²) in [5.74, 6) is 0.320. The van der Waals surface area contributed by atoms with Gasteiger partial charge in [0.25, 0.3) is 5.91 Å². The summed E-state index contributed by atoms with van der Waals surface area (Å²) < 4.78 is 5.44. The van der Waals surface area contributed by atoms with Crippen LogP contribution in [0.2, 0.25) is 0 Å². The Bertz CT molecular complexity index is 834. The number of amides is 1. The molecule has 0 spiro atoms. The van der Waals surface area contributed by atoms with Crippen molar-refractivity contribution >= 4 is 5.91 Å². The number of nitrogens with one attached hydrogen (secondary N) is 2. The first kappa shape index (κ1) is 15.8. The van der Waals surface area contributed by atoms with Crippen molar-refractivity contribution in [1.29, 1.82) is 5.26 Å². The number of hydrogen-bond acceptors (Lipinski definition) is 4. The van der Waals surface area contributed by atoms with Crippen molar-refractivity contribution < 1.29 is 9.53 Å². The molecule has 1 aliphatic rings. The van der Waals surface area contributed by atoms with Crippen LogP contribution < -0.4 is 15.6 Å². The normalized spacial score (nSPS) is 15.9. The van der Waals surface area contributed by atoms with Gasteiger partial charge in [-0.2, -0.15) is 5.26 Å². The molecule has 1 aromatic heterocycles. The van der Waals surface area contributed by atoms with Gasteiger partial charge in [0.1, 0.15) is 5.75 Å². The second-order valence-electron chi connectivity index (χ2n) is 5.69. The number of aryl methyl sites for hydroxylation is 1. The van der Waals surface area contributed by atoms with Crippen molar-refractivity contribution in [2.75, 3.05) is 6.61 Å². The number of hydrogen-bond donors (Lipinski definition) is 2. The van der Waals surface area contributed by atoms with Crippen LogP contribution in [0.5, 0.6) is 5.75 Å². The van der Waals surface area contributed by atoms with E-state index < -0.39 is 0 Å². The number of rotatable bonds is 4. The number of carbonyl (C=O) groups excluding carboxylic acids is 1. The molecule has 6 heteroatoms. The molecule has 0 radical (unpaired) electrons. The molecule has 3 rings (SSSR count). The van der Waals surface area contributed by atoms with E-state index in [4.69, 9.17) is 10.00 Å². The summed E-state index contributed by atoms with van der Waals surface area (Å²) in [6.45, 7) is -0.0961. The lowest BCUT2D eigenvalue weighted by Crippen LogP contribution is -2.35. The molecular formula is C18H17N3O3. The minimum absolute atomic E-state index is 0.0961. The number of carbonyl (C=O) groups is 1. The van der Waals surface area contributed by atoms with Gasteiger partial charge < -0.3 is 15.0 Å². The largest absolute Gasteiger partial charge is 0.484 e. The second-order valence-corrected chi connectivity index (χ2v) is 5.69. The maximum atomic E-state index is 12.1. The molecule has 0 bridgehead atoms. The first-order valence-corrected chi connectivity index (χ1v) is 7.80. The van der Waals surface area contributed by atoms with Gasteiger partial charge in [0.05, 0.1) is 17.7 Å². The van der Waals surface area contributed by atoms with E-state index in [1.54, 1.807) is 30.3 Å². The highest BCUT2D eigenvalue weighted by molar-refractivity contribution is 5.78. The number of benzene rings is 1. The molecule has 1 heterocycles. The molecule has 0 unspecified atom stereocenters. The van der Waals surface area contributed by atoms with Crippen LogP contribution in [0.25, 0.3) is 0 Å². The van der Waals surface area contributed by atoms with Gasteiger partial charge in [-0.15, -0.1) is 0 Å². The fraction of sp³-hybridized carbons (Fsp3) is 0.278. The van der Waals surface area contributed by atoms with Crippen molar-refractivity contribution in [2.45, 2.75) is 25.3 Å². The SMILES string of the molecule is N#Cc1ccc(OCC(=O)N[C@H]2CCCc3[nH]c(=O)ccc32)cc1. The van der Waals surface area contributed by atoms with Crippen LogP contribution in [0, 0.1) is 11.3 Å². The Hall–Kier alpha value is -3.07. The maximum Gasteiger partial charge on any atom is 0.258 e. The number of ether oxygens (including phenoxy) is 1. The zero-order valence-corrected chi connectivity index (χ0v) is 13.0. The predicted molar refractivity (Wildman–Crippen MR) is 87.5 cm³/mol. The summed E-state index contributed by atoms with van der Waals surface area (Å²) in [5, 5.41) is 11.7. The second kappa shape index (κ2) is 7.01. The monoisotopic (exact) mass is 323 g/mol. The van der Waals surface area contributed by atoms with E-state index in [-0.39, 0.29) is 24.1 Å². The molecule has 1 atom stereocenters. The van der Waals surface area contributed by atoms with Crippen LogP contribution in [0.3, 0.4) is 0 Å². The van der Waals surface area contributed by atoms with E-state index >= 15 is 0 Å². The molecule has 122 valence electrons. The molecule has 24 heavy (non-hydrogen) atoms. The van der Waals surface area contributed by atoms with Gasteiger partial charge in [-0.25, -0.2) is 0 Å². The quantitative estimate of drug-likeness (QED) is 0.897. The van der Waals surface area contributed by atoms with Crippen molar-refractivity contribution in [3.8, 4) is 11.8 Å². The van der Waals surface area contributed by atoms with Gasteiger partial charge in [-0.1, -0.05) is 0 Å². The Kier molecular flexibility index (Phi) is 4.62. The van der Waals surface area contributed by atoms with E-state index in [0.717, 1.165) is 30.5 Å². The molecule has 0 saturated carbocycles. The Labute approximate surface area is 139 Å². The highest BCUT2D eigenvalue weighted by Gasteiger charge is 2.22. The van der Waals surface area contributed by atoms with Crippen molar-refractivity contribution in [3.63, 3.8) is 0 Å². The van der Waals surface area contributed by atoms with Crippen molar-refractivity contribution in [1.82, 2.24) is 10.3 Å². The van der Waals surface area contributed by atoms with Gasteiger partial charge in [0.15, 0.2) is 6.61 Å². The van der Waals surface area contributed by atoms with Crippen molar-refractivity contribution in [2.24, 2.45) is 0 Å². The average molecular weight is 323 g/mol. The zero-order valence-electron chi connectivity index (χ0n) is 13.0. The molecule has 6 nitrogen and oxygen atoms in total. The van der Waals surface area contributed by atoms with E-state index in [1.165, 1.54) is 6.07 Å². The van der Waals surface area contributed by atoms with Gasteiger partial charge >= 0.3 is 0 Å². The number of aromatic nitrogens is 1. The Morgan fingerprint density at radius 2 is 2.08 bits per heavy atom. The van der Waals surface area contributed by atoms with Gasteiger partial charge in [0.2, 0.25) is 5.56 Å². The number of nitrogens with zero attached hydrogens (tertiary/aromatic N) is 1. The van der Waals surface area contributed by atoms with E-state index in [9.17, 15) is 9.59 Å². The lowest BCUT2D eigenvalue weighted by Gasteiger charge is -2.25. The smallest absolute Gasteiger partial charge is 0.258 e. The molecule has 0 saturated heterocycles. The minimum atomic E-state index is -0.219. The summed E-state index contributed by atoms with van der Waals surface area (Å²) in [7, 11) is 0. The van der Waals surface area contributed by atoms with Crippen LogP contribution in [0.1, 0.15) is 35.7 Å². The highest BCUT2D eigenvalue weighted by Crippen LogP contribution is 2.27. The Morgan fingerprint density at radius 1 is 1.29 bits per heavy atom. The number of fused-ring (bicyclic) bond motifs is 1. The predicted octanol–water partition coefficient (Wildman–Crippen LogP) is 1.82. The molecule has 2 N–H and O–H groups in total. The number of nitriles is 1. The van der Waals surface area contributed by atoms with E-state index in [0.29, 0.717) is 11.3 Å². The Morgan fingerprint density at radius 3 is 2.83 bits per heavy atom. The van der Waals surface area contributed by atoms with E-state index in [1.807, 2.05) is 6.07 Å². The lowest BCUT2D eigenvalue weighted by molar-refractivity contribution is -0.123. The first-order chi connectivity index (χ1) is 11.7. The Balaban J connectivity index is 1.59. The minimum Gasteiger partial charge on any atom is -0.484 e. The average Bonchev–Trinajstić information content (AvgIpc) is 2.60. The highest BCUT2D eigenvalue weighted by atomic mass is 16.5. The maximum absolute atomic E-state index is 12.1. The van der Waals surface area contributed by atoms with Gasteiger partial charge in [-0.05, 0) is 55.2 Å². The molecule has 1 aromatic carbocycles. The summed E-state index contributed by atoms with van der Waals surface area (Å²) in [5.41, 5.74) is 2.28. The van der Waals surface area contributed by atoms with Crippen LogP contribution in [-0.2, 0) is 11.2 Å². The molecule has 1 aliphatic carbocycles. The first-order valence-electron chi connectivity index (χ1n) is 7.80. The fourth-order valence-electron chi connectivity index (χ4n) is 2.86. The van der Waals surface area contributed by atoms with Crippen LogP contribution >= 0.6 is 0 Å². The third-order valence-electron chi connectivity index (χ3n) is 4.02.